The quantitative estimate of drug-likeness (QED) is 0.165. The van der Waals surface area contributed by atoms with Gasteiger partial charge >= 0.3 is 0 Å². The Kier molecular flexibility index (Phi) is 9.43. The molecule has 0 fully saturated rings. The molecule has 4 N–H and O–H groups in total. The minimum atomic E-state index is -0.0863. The highest BCUT2D eigenvalue weighted by Crippen LogP contribution is 2.43. The van der Waals surface area contributed by atoms with Gasteiger partial charge in [-0.25, -0.2) is 9.97 Å². The summed E-state index contributed by atoms with van der Waals surface area (Å²) in [5, 5.41) is 19.9. The number of methoxy groups -OCH3 is 2. The molecule has 6 aromatic rings. The number of rotatable bonds is 6. The van der Waals surface area contributed by atoms with Gasteiger partial charge in [-0.2, -0.15) is 10.5 Å². The van der Waals surface area contributed by atoms with E-state index in [-0.39, 0.29) is 11.6 Å². The Morgan fingerprint density at radius 3 is 1.27 bits per heavy atom. The van der Waals surface area contributed by atoms with Gasteiger partial charge in [0.2, 0.25) is 0 Å². The summed E-state index contributed by atoms with van der Waals surface area (Å²) in [7, 11) is 3.20. The second-order valence-corrected chi connectivity index (χ2v) is 12.7. The minimum Gasteiger partial charge on any atom is -0.497 e. The molecule has 4 aromatic heterocycles. The first-order valence-corrected chi connectivity index (χ1v) is 16.1. The van der Waals surface area contributed by atoms with Crippen LogP contribution in [0.5, 0.6) is 11.5 Å². The van der Waals surface area contributed by atoms with E-state index in [1.165, 1.54) is 36.5 Å². The van der Waals surface area contributed by atoms with Crippen molar-refractivity contribution in [3.05, 3.63) is 80.8 Å². The van der Waals surface area contributed by atoms with Crippen LogP contribution in [0, 0.1) is 36.5 Å². The maximum atomic E-state index is 12.2. The van der Waals surface area contributed by atoms with Gasteiger partial charge in [0.15, 0.2) is 11.6 Å². The van der Waals surface area contributed by atoms with Gasteiger partial charge in [-0.15, -0.1) is 22.7 Å². The lowest BCUT2D eigenvalue weighted by Crippen LogP contribution is -2.03. The standard InChI is InChI=1S/2C18H15N3O2S/c2*1-9-14(10(2)22)15(11-4-6-12(23-3)7-5-11)16-17(20)13(8-19)24-18(16)21-9/h2*4-7H,20H2,1-3H3. The highest BCUT2D eigenvalue weighted by Gasteiger charge is 2.24. The molecule has 0 bridgehead atoms. The molecule has 0 atom stereocenters. The van der Waals surface area contributed by atoms with Crippen LogP contribution in [0.25, 0.3) is 42.7 Å². The number of nitrogen functional groups attached to an aromatic ring is 2. The molecular weight excluding hydrogens is 645 g/mol. The number of nitrogens with two attached hydrogens (primary N) is 2. The Hall–Kier alpha value is -5.82. The van der Waals surface area contributed by atoms with Crippen molar-refractivity contribution >= 4 is 66.0 Å². The molecule has 4 heterocycles. The number of Topliss-reactive ketones (excluding diaryl/α,β-unsaturated/α-hetero) is 2. The van der Waals surface area contributed by atoms with Crippen molar-refractivity contribution in [2.45, 2.75) is 27.7 Å². The summed E-state index contributed by atoms with van der Waals surface area (Å²) in [5.74, 6) is 1.27. The number of carbonyl (C=O) groups is 2. The summed E-state index contributed by atoms with van der Waals surface area (Å²) >= 11 is 2.48. The average molecular weight is 675 g/mol. The molecule has 240 valence electrons. The molecule has 0 aliphatic rings. The SMILES string of the molecule is COc1ccc(-c2c(C(C)=O)c(C)nc3sc(C#N)c(N)c23)cc1.COc1ccc(-c2c(C(C)=O)c(C)nc3sc(C#N)c(N)c23)cc1. The van der Waals surface area contributed by atoms with E-state index < -0.39 is 0 Å². The number of ketones is 2. The number of anilines is 2. The molecule has 0 spiro atoms. The monoisotopic (exact) mass is 674 g/mol. The Labute approximate surface area is 284 Å². The second-order valence-electron chi connectivity index (χ2n) is 10.7. The van der Waals surface area contributed by atoms with Gasteiger partial charge < -0.3 is 20.9 Å². The van der Waals surface area contributed by atoms with Crippen molar-refractivity contribution in [3.63, 3.8) is 0 Å². The summed E-state index contributed by atoms with van der Waals surface area (Å²) in [5.41, 5.74) is 18.5. The molecule has 12 heteroatoms. The van der Waals surface area contributed by atoms with E-state index in [1.54, 1.807) is 28.1 Å². The number of carbonyl (C=O) groups excluding carboxylic acids is 2. The van der Waals surface area contributed by atoms with Gasteiger partial charge in [-0.1, -0.05) is 24.3 Å². The number of fused-ring (bicyclic) bond motifs is 2. The zero-order valence-corrected chi connectivity index (χ0v) is 28.6. The maximum absolute atomic E-state index is 12.2. The zero-order chi connectivity index (χ0) is 34.9. The van der Waals surface area contributed by atoms with Crippen molar-refractivity contribution in [2.24, 2.45) is 0 Å². The fraction of sp³-hybridized carbons (Fsp3) is 0.167. The fourth-order valence-corrected chi connectivity index (χ4v) is 7.55. The van der Waals surface area contributed by atoms with Crippen LogP contribution >= 0.6 is 22.7 Å². The molecule has 0 radical (unpaired) electrons. The molecule has 0 aliphatic heterocycles. The number of aryl methyl sites for hydroxylation is 2. The van der Waals surface area contributed by atoms with Crippen molar-refractivity contribution < 1.29 is 19.1 Å². The van der Waals surface area contributed by atoms with Crippen molar-refractivity contribution in [2.75, 3.05) is 25.7 Å². The predicted molar refractivity (Wildman–Crippen MR) is 191 cm³/mol. The van der Waals surface area contributed by atoms with Crippen LogP contribution in [-0.2, 0) is 0 Å². The molecule has 0 saturated heterocycles. The van der Waals surface area contributed by atoms with Gasteiger partial charge in [0.05, 0.1) is 37.0 Å². The normalized spacial score (nSPS) is 10.6. The number of nitrogens with zero attached hydrogens (tertiary/aromatic N) is 4. The zero-order valence-electron chi connectivity index (χ0n) is 27.0. The van der Waals surface area contributed by atoms with Crippen LogP contribution in [0.4, 0.5) is 11.4 Å². The average Bonchev–Trinajstić information content (AvgIpc) is 3.57. The van der Waals surface area contributed by atoms with Crippen molar-refractivity contribution in [1.29, 1.82) is 10.5 Å². The molecule has 48 heavy (non-hydrogen) atoms. The molecule has 10 nitrogen and oxygen atoms in total. The van der Waals surface area contributed by atoms with Crippen LogP contribution < -0.4 is 20.9 Å². The summed E-state index contributed by atoms with van der Waals surface area (Å²) in [6.45, 7) is 6.61. The number of aromatic nitrogens is 2. The van der Waals surface area contributed by atoms with Crippen LogP contribution in [-0.4, -0.2) is 35.8 Å². The fourth-order valence-electron chi connectivity index (χ4n) is 5.65. The maximum Gasteiger partial charge on any atom is 0.162 e. The summed E-state index contributed by atoms with van der Waals surface area (Å²) in [4.78, 5) is 35.6. The highest BCUT2D eigenvalue weighted by molar-refractivity contribution is 7.20. The first kappa shape index (κ1) is 33.5. The number of nitriles is 2. The molecule has 2 aromatic carbocycles. The van der Waals surface area contributed by atoms with E-state index in [0.29, 0.717) is 64.1 Å². The van der Waals surface area contributed by atoms with E-state index in [0.717, 1.165) is 33.8 Å². The molecule has 0 unspecified atom stereocenters. The molecular formula is C36H30N6O4S2. The summed E-state index contributed by atoms with van der Waals surface area (Å²) in [6, 6.07) is 19.0. The molecule has 0 amide bonds. The Bertz CT molecular complexity index is 2160. The van der Waals surface area contributed by atoms with E-state index in [9.17, 15) is 20.1 Å². The van der Waals surface area contributed by atoms with E-state index in [2.05, 4.69) is 22.1 Å². The van der Waals surface area contributed by atoms with E-state index >= 15 is 0 Å². The minimum absolute atomic E-state index is 0.0863. The predicted octanol–water partition coefficient (Wildman–Crippen LogP) is 7.87. The third-order valence-electron chi connectivity index (χ3n) is 7.78. The number of ether oxygens (including phenoxy) is 2. The lowest BCUT2D eigenvalue weighted by Gasteiger charge is -2.13. The lowest BCUT2D eigenvalue weighted by atomic mass is 9.93. The first-order chi connectivity index (χ1) is 22.9. The second kappa shape index (κ2) is 13.5. The van der Waals surface area contributed by atoms with Gasteiger partial charge in [-0.3, -0.25) is 9.59 Å². The van der Waals surface area contributed by atoms with E-state index in [4.69, 9.17) is 20.9 Å². The largest absolute Gasteiger partial charge is 0.497 e. The van der Waals surface area contributed by atoms with E-state index in [1.807, 2.05) is 48.5 Å². The Morgan fingerprint density at radius 2 is 1.00 bits per heavy atom. The molecule has 6 rings (SSSR count). The van der Waals surface area contributed by atoms with Gasteiger partial charge in [0.25, 0.3) is 0 Å². The third kappa shape index (κ3) is 5.91. The smallest absolute Gasteiger partial charge is 0.162 e. The van der Waals surface area contributed by atoms with Crippen LogP contribution in [0.15, 0.2) is 48.5 Å². The Morgan fingerprint density at radius 1 is 0.667 bits per heavy atom. The topological polar surface area (TPSA) is 178 Å². The first-order valence-electron chi connectivity index (χ1n) is 14.5. The number of benzene rings is 2. The highest BCUT2D eigenvalue weighted by atomic mass is 32.1. The lowest BCUT2D eigenvalue weighted by molar-refractivity contribution is 0.100. The summed E-state index contributed by atoms with van der Waals surface area (Å²) < 4.78 is 10.4. The number of hydrogen-bond acceptors (Lipinski definition) is 12. The number of hydrogen-bond donors (Lipinski definition) is 2. The van der Waals surface area contributed by atoms with Gasteiger partial charge in [0.1, 0.15) is 43.1 Å². The molecule has 0 saturated carbocycles. The summed E-state index contributed by atoms with van der Waals surface area (Å²) in [6.07, 6.45) is 0. The number of pyridine rings is 2. The van der Waals surface area contributed by atoms with Crippen LogP contribution in [0.1, 0.15) is 55.7 Å². The van der Waals surface area contributed by atoms with Gasteiger partial charge in [-0.05, 0) is 63.1 Å². The third-order valence-corrected chi connectivity index (χ3v) is 9.79. The van der Waals surface area contributed by atoms with Crippen LogP contribution in [0.3, 0.4) is 0 Å². The Balaban J connectivity index is 0.000000188. The molecule has 0 aliphatic carbocycles. The number of thiophene rings is 2. The van der Waals surface area contributed by atoms with Crippen molar-refractivity contribution in [3.8, 4) is 45.9 Å². The van der Waals surface area contributed by atoms with Crippen molar-refractivity contribution in [1.82, 2.24) is 9.97 Å². The van der Waals surface area contributed by atoms with Gasteiger partial charge in [0, 0.05) is 33.0 Å². The van der Waals surface area contributed by atoms with Crippen LogP contribution in [0.2, 0.25) is 0 Å².